The third-order valence-electron chi connectivity index (χ3n) is 4.42. The third kappa shape index (κ3) is 4.17. The van der Waals surface area contributed by atoms with Crippen LogP contribution in [0.15, 0.2) is 6.07 Å². The SMILES string of the molecule is CC(c1nc2c(cc1F)OCCO2)N1CCN(C(=O)OC(C)(C)C)CC1. The number of carbonyl (C=O) groups is 1. The van der Waals surface area contributed by atoms with Gasteiger partial charge in [0, 0.05) is 32.2 Å². The standard InChI is InChI=1S/C18H26FN3O4/c1-12(15-13(19)11-14-16(20-15)25-10-9-24-14)21-5-7-22(8-6-21)17(23)26-18(2,3)4/h11-12H,5-10H2,1-4H3. The number of amides is 1. The highest BCUT2D eigenvalue weighted by atomic mass is 19.1. The molecule has 1 amide bonds. The monoisotopic (exact) mass is 367 g/mol. The van der Waals surface area contributed by atoms with Gasteiger partial charge in [-0.1, -0.05) is 0 Å². The van der Waals surface area contributed by atoms with Crippen LogP contribution in [0.1, 0.15) is 39.4 Å². The highest BCUT2D eigenvalue weighted by Crippen LogP contribution is 2.33. The van der Waals surface area contributed by atoms with Crippen LogP contribution < -0.4 is 9.47 Å². The zero-order chi connectivity index (χ0) is 18.9. The molecule has 8 heteroatoms. The van der Waals surface area contributed by atoms with Gasteiger partial charge in [-0.2, -0.15) is 0 Å². The van der Waals surface area contributed by atoms with E-state index >= 15 is 0 Å². The van der Waals surface area contributed by atoms with E-state index in [2.05, 4.69) is 9.88 Å². The molecule has 1 aromatic heterocycles. The highest BCUT2D eigenvalue weighted by molar-refractivity contribution is 5.68. The van der Waals surface area contributed by atoms with Crippen molar-refractivity contribution in [2.45, 2.75) is 39.3 Å². The van der Waals surface area contributed by atoms with Gasteiger partial charge in [0.05, 0.1) is 11.7 Å². The molecule has 1 unspecified atom stereocenters. The molecule has 7 nitrogen and oxygen atoms in total. The molecule has 0 N–H and O–H groups in total. The van der Waals surface area contributed by atoms with Crippen LogP contribution in [0.2, 0.25) is 0 Å². The zero-order valence-corrected chi connectivity index (χ0v) is 15.7. The quantitative estimate of drug-likeness (QED) is 0.801. The Balaban J connectivity index is 1.64. The van der Waals surface area contributed by atoms with E-state index in [1.54, 1.807) is 4.90 Å². The average Bonchev–Trinajstić information content (AvgIpc) is 2.59. The van der Waals surface area contributed by atoms with E-state index in [1.807, 2.05) is 27.7 Å². The van der Waals surface area contributed by atoms with Crippen molar-refractivity contribution in [3.05, 3.63) is 17.6 Å². The summed E-state index contributed by atoms with van der Waals surface area (Å²) in [5.41, 5.74) is -0.181. The number of hydrogen-bond donors (Lipinski definition) is 0. The van der Waals surface area contributed by atoms with Gasteiger partial charge in [0.1, 0.15) is 24.6 Å². The van der Waals surface area contributed by atoms with Gasteiger partial charge in [-0.05, 0) is 27.7 Å². The smallest absolute Gasteiger partial charge is 0.410 e. The van der Waals surface area contributed by atoms with Crippen LogP contribution in [-0.4, -0.2) is 65.9 Å². The van der Waals surface area contributed by atoms with Gasteiger partial charge in [-0.15, -0.1) is 0 Å². The van der Waals surface area contributed by atoms with Crippen LogP contribution in [-0.2, 0) is 4.74 Å². The lowest BCUT2D eigenvalue weighted by Crippen LogP contribution is -2.50. The zero-order valence-electron chi connectivity index (χ0n) is 15.7. The molecule has 26 heavy (non-hydrogen) atoms. The number of ether oxygens (including phenoxy) is 3. The number of carbonyl (C=O) groups excluding carboxylic acids is 1. The van der Waals surface area contributed by atoms with Crippen molar-refractivity contribution in [2.24, 2.45) is 0 Å². The molecule has 0 bridgehead atoms. The lowest BCUT2D eigenvalue weighted by Gasteiger charge is -2.38. The first kappa shape index (κ1) is 18.7. The summed E-state index contributed by atoms with van der Waals surface area (Å²) >= 11 is 0. The number of aromatic nitrogens is 1. The van der Waals surface area contributed by atoms with E-state index in [9.17, 15) is 9.18 Å². The van der Waals surface area contributed by atoms with Crippen molar-refractivity contribution in [3.63, 3.8) is 0 Å². The molecule has 1 fully saturated rings. The molecule has 0 aliphatic carbocycles. The number of hydrogen-bond acceptors (Lipinski definition) is 6. The number of nitrogens with zero attached hydrogens (tertiary/aromatic N) is 3. The van der Waals surface area contributed by atoms with Gasteiger partial charge in [0.15, 0.2) is 5.75 Å². The fourth-order valence-electron chi connectivity index (χ4n) is 3.05. The van der Waals surface area contributed by atoms with Crippen LogP contribution in [0, 0.1) is 5.82 Å². The molecule has 0 spiro atoms. The molecule has 144 valence electrons. The Hall–Kier alpha value is -2.09. The summed E-state index contributed by atoms with van der Waals surface area (Å²) in [6.07, 6.45) is -0.312. The molecule has 2 aliphatic rings. The minimum atomic E-state index is -0.514. The predicted molar refractivity (Wildman–Crippen MR) is 93.0 cm³/mol. The fraction of sp³-hybridized carbons (Fsp3) is 0.667. The number of pyridine rings is 1. The maximum atomic E-state index is 14.5. The van der Waals surface area contributed by atoms with Gasteiger partial charge in [-0.3, -0.25) is 4.90 Å². The fourth-order valence-corrected chi connectivity index (χ4v) is 3.05. The summed E-state index contributed by atoms with van der Waals surface area (Å²) in [4.78, 5) is 20.3. The number of piperazine rings is 1. The first-order valence-electron chi connectivity index (χ1n) is 8.92. The van der Waals surface area contributed by atoms with Gasteiger partial charge < -0.3 is 19.1 Å². The Kier molecular flexibility index (Phi) is 5.22. The van der Waals surface area contributed by atoms with E-state index in [1.165, 1.54) is 6.07 Å². The Morgan fingerprint density at radius 2 is 1.88 bits per heavy atom. The summed E-state index contributed by atoms with van der Waals surface area (Å²) in [6.45, 7) is 10.6. The molecule has 3 heterocycles. The molecule has 1 aromatic rings. The third-order valence-corrected chi connectivity index (χ3v) is 4.42. The van der Waals surface area contributed by atoms with Gasteiger partial charge >= 0.3 is 6.09 Å². The maximum Gasteiger partial charge on any atom is 0.410 e. The summed E-state index contributed by atoms with van der Waals surface area (Å²) in [6, 6.07) is 1.11. The second-order valence-electron chi connectivity index (χ2n) is 7.53. The topological polar surface area (TPSA) is 64.1 Å². The Morgan fingerprint density at radius 3 is 2.54 bits per heavy atom. The number of halogens is 1. The van der Waals surface area contributed by atoms with Crippen molar-refractivity contribution in [1.82, 2.24) is 14.8 Å². The number of fused-ring (bicyclic) bond motifs is 1. The molecule has 0 aromatic carbocycles. The Morgan fingerprint density at radius 1 is 1.23 bits per heavy atom. The summed E-state index contributed by atoms with van der Waals surface area (Å²) in [7, 11) is 0. The van der Waals surface area contributed by atoms with Crippen LogP contribution in [0.3, 0.4) is 0 Å². The van der Waals surface area contributed by atoms with E-state index in [0.717, 1.165) is 0 Å². The van der Waals surface area contributed by atoms with Crippen molar-refractivity contribution < 1.29 is 23.4 Å². The molecule has 1 saturated heterocycles. The average molecular weight is 367 g/mol. The van der Waals surface area contributed by atoms with Gasteiger partial charge in [-0.25, -0.2) is 14.2 Å². The summed E-state index contributed by atoms with van der Waals surface area (Å²) in [5.74, 6) is 0.280. The minimum absolute atomic E-state index is 0.230. The van der Waals surface area contributed by atoms with Crippen LogP contribution in [0.5, 0.6) is 11.6 Å². The first-order chi connectivity index (χ1) is 12.2. The van der Waals surface area contributed by atoms with Gasteiger partial charge in [0.25, 0.3) is 5.88 Å². The predicted octanol–water partition coefficient (Wildman–Crippen LogP) is 2.61. The van der Waals surface area contributed by atoms with Gasteiger partial charge in [0.2, 0.25) is 0 Å². The molecular weight excluding hydrogens is 341 g/mol. The summed E-state index contributed by atoms with van der Waals surface area (Å²) in [5, 5.41) is 0. The summed E-state index contributed by atoms with van der Waals surface area (Å²) < 4.78 is 30.7. The molecular formula is C18H26FN3O4. The Bertz CT molecular complexity index is 669. The van der Waals surface area contributed by atoms with Crippen molar-refractivity contribution in [1.29, 1.82) is 0 Å². The molecule has 0 saturated carbocycles. The molecule has 3 rings (SSSR count). The lowest BCUT2D eigenvalue weighted by molar-refractivity contribution is 0.0106. The van der Waals surface area contributed by atoms with E-state index in [0.29, 0.717) is 56.7 Å². The van der Waals surface area contributed by atoms with E-state index in [4.69, 9.17) is 14.2 Å². The first-order valence-corrected chi connectivity index (χ1v) is 8.92. The number of rotatable bonds is 2. The van der Waals surface area contributed by atoms with Crippen LogP contribution in [0.25, 0.3) is 0 Å². The Labute approximate surface area is 153 Å². The highest BCUT2D eigenvalue weighted by Gasteiger charge is 2.30. The van der Waals surface area contributed by atoms with Crippen molar-refractivity contribution in [3.8, 4) is 11.6 Å². The van der Waals surface area contributed by atoms with Crippen molar-refractivity contribution >= 4 is 6.09 Å². The maximum absolute atomic E-state index is 14.5. The van der Waals surface area contributed by atoms with Crippen LogP contribution >= 0.6 is 0 Å². The van der Waals surface area contributed by atoms with Crippen molar-refractivity contribution in [2.75, 3.05) is 39.4 Å². The molecule has 1 atom stereocenters. The second kappa shape index (κ2) is 7.26. The van der Waals surface area contributed by atoms with E-state index < -0.39 is 11.4 Å². The van der Waals surface area contributed by atoms with Crippen LogP contribution in [0.4, 0.5) is 9.18 Å². The largest absolute Gasteiger partial charge is 0.484 e. The molecule has 2 aliphatic heterocycles. The second-order valence-corrected chi connectivity index (χ2v) is 7.53. The van der Waals surface area contributed by atoms with E-state index in [-0.39, 0.29) is 12.1 Å². The minimum Gasteiger partial charge on any atom is -0.484 e. The normalized spacial score (nSPS) is 19.2. The lowest BCUT2D eigenvalue weighted by atomic mass is 10.1. The molecule has 0 radical (unpaired) electrons.